The number of amides is 2. The summed E-state index contributed by atoms with van der Waals surface area (Å²) in [5, 5.41) is 14.4. The molecule has 0 unspecified atom stereocenters. The number of nitrogens with zero attached hydrogens (tertiary/aromatic N) is 1. The molecule has 0 aromatic heterocycles. The number of nitrogens with one attached hydrogen (secondary N) is 2. The Labute approximate surface area is 132 Å². The maximum Gasteiger partial charge on any atom is 0.416 e. The predicted molar refractivity (Wildman–Crippen MR) is 77.9 cm³/mol. The summed E-state index contributed by atoms with van der Waals surface area (Å²) in [5.74, 6) is 0. The predicted octanol–water partition coefficient (Wildman–Crippen LogP) is 3.88. The SMILES string of the molecule is CC(C)(C)C1=C(C#N)[C@H](c2ccccc2C(F)(F)F)NC(=O)N1. The number of halogens is 3. The molecule has 0 spiro atoms. The van der Waals surface area contributed by atoms with Crippen LogP contribution in [0.2, 0.25) is 0 Å². The molecule has 1 aliphatic rings. The topological polar surface area (TPSA) is 64.9 Å². The first-order chi connectivity index (χ1) is 10.6. The van der Waals surface area contributed by atoms with Crippen molar-refractivity contribution >= 4 is 6.03 Å². The summed E-state index contributed by atoms with van der Waals surface area (Å²) in [6, 6.07) is 5.11. The van der Waals surface area contributed by atoms with Crippen LogP contribution in [0.5, 0.6) is 0 Å². The lowest BCUT2D eigenvalue weighted by Gasteiger charge is -2.34. The summed E-state index contributed by atoms with van der Waals surface area (Å²) in [6.07, 6.45) is -4.57. The summed E-state index contributed by atoms with van der Waals surface area (Å²) < 4.78 is 39.7. The average molecular weight is 323 g/mol. The molecule has 2 amide bonds. The highest BCUT2D eigenvalue weighted by Crippen LogP contribution is 2.39. The Bertz CT molecular complexity index is 709. The van der Waals surface area contributed by atoms with Gasteiger partial charge in [-0.2, -0.15) is 18.4 Å². The first kappa shape index (κ1) is 16.9. The number of carbonyl (C=O) groups is 1. The molecule has 0 aliphatic carbocycles. The largest absolute Gasteiger partial charge is 0.416 e. The quantitative estimate of drug-likeness (QED) is 0.823. The van der Waals surface area contributed by atoms with E-state index in [1.165, 1.54) is 18.2 Å². The minimum atomic E-state index is -4.57. The van der Waals surface area contributed by atoms with E-state index in [1.54, 1.807) is 20.8 Å². The zero-order valence-electron chi connectivity index (χ0n) is 12.9. The molecule has 7 heteroatoms. The number of hydrogen-bond acceptors (Lipinski definition) is 2. The van der Waals surface area contributed by atoms with Crippen LogP contribution in [0.3, 0.4) is 0 Å². The van der Waals surface area contributed by atoms with Crippen molar-refractivity contribution in [2.75, 3.05) is 0 Å². The molecule has 0 bridgehead atoms. The van der Waals surface area contributed by atoms with E-state index in [0.717, 1.165) is 6.07 Å². The van der Waals surface area contributed by atoms with Crippen LogP contribution in [0.1, 0.15) is 37.9 Å². The van der Waals surface area contributed by atoms with Crippen molar-refractivity contribution < 1.29 is 18.0 Å². The number of carbonyl (C=O) groups excluding carboxylic acids is 1. The van der Waals surface area contributed by atoms with Crippen molar-refractivity contribution in [1.82, 2.24) is 10.6 Å². The van der Waals surface area contributed by atoms with Gasteiger partial charge in [-0.3, -0.25) is 0 Å². The Morgan fingerprint density at radius 1 is 1.17 bits per heavy atom. The van der Waals surface area contributed by atoms with Gasteiger partial charge in [0, 0.05) is 11.1 Å². The fourth-order valence-electron chi connectivity index (χ4n) is 2.52. The zero-order chi connectivity index (χ0) is 17.4. The second-order valence-corrected chi connectivity index (χ2v) is 6.27. The average Bonchev–Trinajstić information content (AvgIpc) is 2.44. The van der Waals surface area contributed by atoms with Crippen molar-refractivity contribution in [3.05, 3.63) is 46.7 Å². The Hall–Kier alpha value is -2.49. The van der Waals surface area contributed by atoms with Crippen LogP contribution in [0.4, 0.5) is 18.0 Å². The third kappa shape index (κ3) is 3.31. The monoisotopic (exact) mass is 323 g/mol. The van der Waals surface area contributed by atoms with E-state index in [-0.39, 0.29) is 11.1 Å². The molecule has 0 radical (unpaired) electrons. The van der Waals surface area contributed by atoms with Crippen molar-refractivity contribution in [2.24, 2.45) is 5.41 Å². The third-order valence-corrected chi connectivity index (χ3v) is 3.52. The second-order valence-electron chi connectivity index (χ2n) is 6.27. The molecule has 122 valence electrons. The highest BCUT2D eigenvalue weighted by molar-refractivity contribution is 5.80. The first-order valence-electron chi connectivity index (χ1n) is 6.94. The Balaban J connectivity index is 2.68. The van der Waals surface area contributed by atoms with E-state index in [0.29, 0.717) is 5.70 Å². The van der Waals surface area contributed by atoms with E-state index >= 15 is 0 Å². The van der Waals surface area contributed by atoms with Gasteiger partial charge in [0.15, 0.2) is 0 Å². The molecular weight excluding hydrogens is 307 g/mol. The van der Waals surface area contributed by atoms with Gasteiger partial charge in [0.2, 0.25) is 0 Å². The number of nitriles is 1. The molecule has 1 heterocycles. The normalized spacial score (nSPS) is 19.0. The van der Waals surface area contributed by atoms with Gasteiger partial charge in [0.1, 0.15) is 0 Å². The van der Waals surface area contributed by atoms with Crippen LogP contribution < -0.4 is 10.6 Å². The number of benzene rings is 1. The fourth-order valence-corrected chi connectivity index (χ4v) is 2.52. The van der Waals surface area contributed by atoms with Crippen LogP contribution in [0.15, 0.2) is 35.5 Å². The minimum absolute atomic E-state index is 0.0776. The molecule has 0 saturated carbocycles. The standard InChI is InChI=1S/C16H16F3N3O/c1-15(2,3)13-10(8-20)12(21-14(23)22-13)9-6-4-5-7-11(9)16(17,18)19/h4-7,12H,1-3H3,(H2,21,22,23)/t12-/m0/s1. The molecule has 1 atom stereocenters. The van der Waals surface area contributed by atoms with E-state index in [4.69, 9.17) is 0 Å². The number of urea groups is 1. The van der Waals surface area contributed by atoms with Gasteiger partial charge in [0.05, 0.1) is 23.2 Å². The van der Waals surface area contributed by atoms with Crippen molar-refractivity contribution in [3.8, 4) is 6.07 Å². The van der Waals surface area contributed by atoms with Crippen LogP contribution >= 0.6 is 0 Å². The third-order valence-electron chi connectivity index (χ3n) is 3.52. The smallest absolute Gasteiger partial charge is 0.326 e. The first-order valence-corrected chi connectivity index (χ1v) is 6.94. The van der Waals surface area contributed by atoms with Crippen LogP contribution in [-0.4, -0.2) is 6.03 Å². The lowest BCUT2D eigenvalue weighted by atomic mass is 9.83. The van der Waals surface area contributed by atoms with Crippen molar-refractivity contribution in [1.29, 1.82) is 5.26 Å². The molecule has 4 nitrogen and oxygen atoms in total. The molecule has 23 heavy (non-hydrogen) atoms. The van der Waals surface area contributed by atoms with E-state index in [1.807, 2.05) is 6.07 Å². The lowest BCUT2D eigenvalue weighted by Crippen LogP contribution is -2.47. The molecular formula is C16H16F3N3O. The highest BCUT2D eigenvalue weighted by Gasteiger charge is 2.39. The van der Waals surface area contributed by atoms with E-state index in [2.05, 4.69) is 10.6 Å². The van der Waals surface area contributed by atoms with Gasteiger partial charge in [-0.1, -0.05) is 39.0 Å². The van der Waals surface area contributed by atoms with Gasteiger partial charge in [-0.05, 0) is 11.6 Å². The van der Waals surface area contributed by atoms with Gasteiger partial charge in [-0.25, -0.2) is 4.79 Å². The van der Waals surface area contributed by atoms with Crippen LogP contribution in [-0.2, 0) is 6.18 Å². The van der Waals surface area contributed by atoms with Gasteiger partial charge >= 0.3 is 12.2 Å². The lowest BCUT2D eigenvalue weighted by molar-refractivity contribution is -0.138. The minimum Gasteiger partial charge on any atom is -0.326 e. The number of hydrogen-bond donors (Lipinski definition) is 2. The highest BCUT2D eigenvalue weighted by atomic mass is 19.4. The van der Waals surface area contributed by atoms with Crippen molar-refractivity contribution in [3.63, 3.8) is 0 Å². The summed E-state index contributed by atoms with van der Waals surface area (Å²) in [5.41, 5.74) is -1.20. The van der Waals surface area contributed by atoms with Crippen LogP contribution in [0, 0.1) is 16.7 Å². The molecule has 2 N–H and O–H groups in total. The Morgan fingerprint density at radius 3 is 2.30 bits per heavy atom. The Morgan fingerprint density at radius 2 is 1.78 bits per heavy atom. The zero-order valence-corrected chi connectivity index (χ0v) is 12.9. The van der Waals surface area contributed by atoms with E-state index in [9.17, 15) is 23.2 Å². The summed E-state index contributed by atoms with van der Waals surface area (Å²) in [7, 11) is 0. The molecule has 0 fully saturated rings. The molecule has 1 aromatic carbocycles. The maximum atomic E-state index is 13.2. The van der Waals surface area contributed by atoms with E-state index < -0.39 is 29.2 Å². The molecule has 1 aliphatic heterocycles. The maximum absolute atomic E-state index is 13.2. The fraction of sp³-hybridized carbons (Fsp3) is 0.375. The Kier molecular flexibility index (Phi) is 4.12. The summed E-state index contributed by atoms with van der Waals surface area (Å²) >= 11 is 0. The van der Waals surface area contributed by atoms with Crippen LogP contribution in [0.25, 0.3) is 0 Å². The second kappa shape index (κ2) is 5.61. The number of allylic oxidation sites excluding steroid dienone is 1. The number of rotatable bonds is 1. The van der Waals surface area contributed by atoms with Crippen molar-refractivity contribution in [2.45, 2.75) is 33.0 Å². The molecule has 0 saturated heterocycles. The van der Waals surface area contributed by atoms with Gasteiger partial charge < -0.3 is 10.6 Å². The van der Waals surface area contributed by atoms with Gasteiger partial charge in [-0.15, -0.1) is 0 Å². The summed E-state index contributed by atoms with van der Waals surface area (Å²) in [6.45, 7) is 5.33. The van der Waals surface area contributed by atoms with Gasteiger partial charge in [0.25, 0.3) is 0 Å². The molecule has 1 aromatic rings. The number of alkyl halides is 3. The molecule has 2 rings (SSSR count). The summed E-state index contributed by atoms with van der Waals surface area (Å²) in [4.78, 5) is 11.9.